The number of hydrogen-bond donors (Lipinski definition) is 2. The van der Waals surface area contributed by atoms with Crippen molar-refractivity contribution in [1.29, 1.82) is 0 Å². The van der Waals surface area contributed by atoms with Gasteiger partial charge in [0, 0.05) is 12.6 Å². The molecule has 3 heteroatoms. The molecule has 0 spiro atoms. The van der Waals surface area contributed by atoms with Crippen molar-refractivity contribution < 1.29 is 4.79 Å². The van der Waals surface area contributed by atoms with Gasteiger partial charge in [-0.15, -0.1) is 0 Å². The summed E-state index contributed by atoms with van der Waals surface area (Å²) < 4.78 is 0. The number of rotatable bonds is 2. The Morgan fingerprint density at radius 1 is 1.17 bits per heavy atom. The summed E-state index contributed by atoms with van der Waals surface area (Å²) in [5.74, 6) is 2.44. The Labute approximate surface area is 111 Å². The van der Waals surface area contributed by atoms with Crippen molar-refractivity contribution in [2.24, 2.45) is 23.7 Å². The van der Waals surface area contributed by atoms with Crippen molar-refractivity contribution in [2.45, 2.75) is 52.5 Å². The highest BCUT2D eigenvalue weighted by Gasteiger charge is 2.31. The highest BCUT2D eigenvalue weighted by molar-refractivity contribution is 5.79. The zero-order valence-corrected chi connectivity index (χ0v) is 12.0. The second-order valence-electron chi connectivity index (χ2n) is 6.58. The Bertz CT molecular complexity index is 292. The zero-order chi connectivity index (χ0) is 13.1. The lowest BCUT2D eigenvalue weighted by molar-refractivity contribution is -0.127. The second-order valence-corrected chi connectivity index (χ2v) is 6.58. The molecule has 1 amide bonds. The van der Waals surface area contributed by atoms with Gasteiger partial charge >= 0.3 is 0 Å². The van der Waals surface area contributed by atoms with Crippen molar-refractivity contribution in [3.63, 3.8) is 0 Å². The van der Waals surface area contributed by atoms with Crippen molar-refractivity contribution in [3.8, 4) is 0 Å². The number of hydrogen-bond acceptors (Lipinski definition) is 2. The van der Waals surface area contributed by atoms with Gasteiger partial charge in [0.1, 0.15) is 0 Å². The molecule has 18 heavy (non-hydrogen) atoms. The average Bonchev–Trinajstić information content (AvgIpc) is 2.35. The van der Waals surface area contributed by atoms with E-state index in [-0.39, 0.29) is 11.8 Å². The van der Waals surface area contributed by atoms with Crippen LogP contribution in [0.5, 0.6) is 0 Å². The SMILES string of the molecule is CC1CNCC(C(=O)NC2CCCC(C)C2C)C1. The summed E-state index contributed by atoms with van der Waals surface area (Å²) in [5, 5.41) is 6.67. The molecule has 0 bridgehead atoms. The molecule has 5 unspecified atom stereocenters. The molecule has 1 saturated carbocycles. The minimum atomic E-state index is 0.179. The first kappa shape index (κ1) is 13.9. The van der Waals surface area contributed by atoms with E-state index in [0.717, 1.165) is 31.8 Å². The van der Waals surface area contributed by atoms with Crippen LogP contribution in [-0.2, 0) is 4.79 Å². The molecule has 0 aromatic rings. The number of piperidine rings is 1. The Morgan fingerprint density at radius 3 is 2.67 bits per heavy atom. The van der Waals surface area contributed by atoms with Gasteiger partial charge in [-0.1, -0.05) is 33.6 Å². The fourth-order valence-corrected chi connectivity index (χ4v) is 3.44. The van der Waals surface area contributed by atoms with E-state index in [9.17, 15) is 4.79 Å². The fourth-order valence-electron chi connectivity index (χ4n) is 3.44. The van der Waals surface area contributed by atoms with E-state index in [4.69, 9.17) is 0 Å². The Kier molecular flexibility index (Phi) is 4.66. The summed E-state index contributed by atoms with van der Waals surface area (Å²) in [5.41, 5.74) is 0. The van der Waals surface area contributed by atoms with Crippen molar-refractivity contribution >= 4 is 5.91 Å². The molecule has 0 aromatic heterocycles. The lowest BCUT2D eigenvalue weighted by Crippen LogP contribution is -2.49. The quantitative estimate of drug-likeness (QED) is 0.791. The minimum Gasteiger partial charge on any atom is -0.353 e. The third-order valence-electron chi connectivity index (χ3n) is 4.98. The number of amides is 1. The van der Waals surface area contributed by atoms with Crippen LogP contribution < -0.4 is 10.6 Å². The van der Waals surface area contributed by atoms with Gasteiger partial charge in [0.15, 0.2) is 0 Å². The molecule has 2 fully saturated rings. The monoisotopic (exact) mass is 252 g/mol. The first-order chi connectivity index (χ1) is 8.58. The third-order valence-corrected chi connectivity index (χ3v) is 4.98. The predicted octanol–water partition coefficient (Wildman–Crippen LogP) is 2.17. The van der Waals surface area contributed by atoms with Gasteiger partial charge in [0.2, 0.25) is 5.91 Å². The van der Waals surface area contributed by atoms with E-state index in [1.807, 2.05) is 0 Å². The van der Waals surface area contributed by atoms with Crippen LogP contribution in [-0.4, -0.2) is 25.0 Å². The Balaban J connectivity index is 1.86. The lowest BCUT2D eigenvalue weighted by Gasteiger charge is -2.36. The molecule has 2 N–H and O–H groups in total. The molecule has 2 aliphatic rings. The predicted molar refractivity (Wildman–Crippen MR) is 74.3 cm³/mol. The van der Waals surface area contributed by atoms with Crippen LogP contribution in [0.2, 0.25) is 0 Å². The molecule has 2 rings (SSSR count). The summed E-state index contributed by atoms with van der Waals surface area (Å²) in [4.78, 5) is 12.3. The van der Waals surface area contributed by atoms with Crippen LogP contribution in [0.1, 0.15) is 46.5 Å². The van der Waals surface area contributed by atoms with E-state index in [1.54, 1.807) is 0 Å². The van der Waals surface area contributed by atoms with Gasteiger partial charge in [-0.25, -0.2) is 0 Å². The summed E-state index contributed by atoms with van der Waals surface area (Å²) in [7, 11) is 0. The third kappa shape index (κ3) is 3.25. The molecule has 0 radical (unpaired) electrons. The van der Waals surface area contributed by atoms with Gasteiger partial charge in [-0.3, -0.25) is 4.79 Å². The molecule has 3 nitrogen and oxygen atoms in total. The molecule has 104 valence electrons. The Morgan fingerprint density at radius 2 is 1.94 bits per heavy atom. The van der Waals surface area contributed by atoms with E-state index < -0.39 is 0 Å². The molecule has 1 aliphatic carbocycles. The molecular formula is C15H28N2O. The number of carbonyl (C=O) groups is 1. The van der Waals surface area contributed by atoms with E-state index in [0.29, 0.717) is 17.9 Å². The number of nitrogens with one attached hydrogen (secondary N) is 2. The van der Waals surface area contributed by atoms with Crippen LogP contribution >= 0.6 is 0 Å². The standard InChI is InChI=1S/C15H28N2O/c1-10-7-13(9-16-8-10)15(18)17-14-6-4-5-11(2)12(14)3/h10-14,16H,4-9H2,1-3H3,(H,17,18). The van der Waals surface area contributed by atoms with Gasteiger partial charge in [0.25, 0.3) is 0 Å². The molecule has 0 aromatic carbocycles. The number of carbonyl (C=O) groups excluding carboxylic acids is 1. The minimum absolute atomic E-state index is 0.179. The van der Waals surface area contributed by atoms with Crippen LogP contribution in [0, 0.1) is 23.7 Å². The molecule has 1 aliphatic heterocycles. The van der Waals surface area contributed by atoms with Crippen molar-refractivity contribution in [3.05, 3.63) is 0 Å². The van der Waals surface area contributed by atoms with E-state index in [2.05, 4.69) is 31.4 Å². The summed E-state index contributed by atoms with van der Waals surface area (Å²) in [6.07, 6.45) is 4.77. The lowest BCUT2D eigenvalue weighted by atomic mass is 9.77. The van der Waals surface area contributed by atoms with Crippen LogP contribution in [0.3, 0.4) is 0 Å². The fraction of sp³-hybridized carbons (Fsp3) is 0.933. The maximum Gasteiger partial charge on any atom is 0.224 e. The summed E-state index contributed by atoms with van der Waals surface area (Å²) in [6.45, 7) is 8.73. The largest absolute Gasteiger partial charge is 0.353 e. The smallest absolute Gasteiger partial charge is 0.224 e. The maximum atomic E-state index is 12.3. The topological polar surface area (TPSA) is 41.1 Å². The van der Waals surface area contributed by atoms with Gasteiger partial charge in [0.05, 0.1) is 5.92 Å². The van der Waals surface area contributed by atoms with Gasteiger partial charge in [-0.05, 0) is 37.1 Å². The first-order valence-electron chi connectivity index (χ1n) is 7.59. The molecule has 1 saturated heterocycles. The highest BCUT2D eigenvalue weighted by atomic mass is 16.2. The second kappa shape index (κ2) is 6.05. The van der Waals surface area contributed by atoms with Crippen molar-refractivity contribution in [1.82, 2.24) is 10.6 Å². The van der Waals surface area contributed by atoms with E-state index in [1.165, 1.54) is 12.8 Å². The Hall–Kier alpha value is -0.570. The first-order valence-corrected chi connectivity index (χ1v) is 7.59. The average molecular weight is 252 g/mol. The zero-order valence-electron chi connectivity index (χ0n) is 12.0. The maximum absolute atomic E-state index is 12.3. The van der Waals surface area contributed by atoms with E-state index >= 15 is 0 Å². The highest BCUT2D eigenvalue weighted by Crippen LogP contribution is 2.30. The van der Waals surface area contributed by atoms with Crippen LogP contribution in [0.15, 0.2) is 0 Å². The van der Waals surface area contributed by atoms with Crippen LogP contribution in [0.4, 0.5) is 0 Å². The molecule has 1 heterocycles. The molecule has 5 atom stereocenters. The summed E-state index contributed by atoms with van der Waals surface area (Å²) >= 11 is 0. The normalized spacial score (nSPS) is 41.4. The molecular weight excluding hydrogens is 224 g/mol. The summed E-state index contributed by atoms with van der Waals surface area (Å²) in [6, 6.07) is 0.401. The van der Waals surface area contributed by atoms with Gasteiger partial charge in [-0.2, -0.15) is 0 Å². The van der Waals surface area contributed by atoms with Crippen LogP contribution in [0.25, 0.3) is 0 Å². The van der Waals surface area contributed by atoms with Crippen molar-refractivity contribution in [2.75, 3.05) is 13.1 Å². The van der Waals surface area contributed by atoms with Gasteiger partial charge < -0.3 is 10.6 Å².